The van der Waals surface area contributed by atoms with Crippen LogP contribution in [0.25, 0.3) is 0 Å². The second-order valence-electron chi connectivity index (χ2n) is 8.87. The molecule has 1 aromatic carbocycles. The van der Waals surface area contributed by atoms with Crippen LogP contribution >= 0.6 is 11.6 Å². The van der Waals surface area contributed by atoms with Gasteiger partial charge in [-0.05, 0) is 38.3 Å². The number of halogens is 4. The van der Waals surface area contributed by atoms with Crippen molar-refractivity contribution in [1.82, 2.24) is 10.2 Å². The van der Waals surface area contributed by atoms with Crippen LogP contribution < -0.4 is 15.8 Å². The number of methoxy groups -OCH3 is 1. The van der Waals surface area contributed by atoms with Crippen molar-refractivity contribution in [2.75, 3.05) is 38.2 Å². The normalized spacial score (nSPS) is 14.9. The molecule has 10 nitrogen and oxygen atoms in total. The number of ether oxygens (including phenoxy) is 1. The first-order valence-corrected chi connectivity index (χ1v) is 14.0. The number of anilines is 1. The third-order valence-electron chi connectivity index (χ3n) is 5.86. The summed E-state index contributed by atoms with van der Waals surface area (Å²) in [6, 6.07) is 3.23. The van der Waals surface area contributed by atoms with Gasteiger partial charge in [-0.1, -0.05) is 37.3 Å². The number of hydrogen-bond acceptors (Lipinski definition) is 7. The van der Waals surface area contributed by atoms with Crippen molar-refractivity contribution in [3.63, 3.8) is 0 Å². The number of nitrogen functional groups attached to an aromatic ring is 1. The minimum absolute atomic E-state index is 0.118. The molecule has 2 rings (SSSR count). The summed E-state index contributed by atoms with van der Waals surface area (Å²) in [5.74, 6) is -2.69. The van der Waals surface area contributed by atoms with Gasteiger partial charge in [0.1, 0.15) is 5.75 Å². The topological polar surface area (TPSA) is 159 Å². The van der Waals surface area contributed by atoms with Crippen LogP contribution in [0.15, 0.2) is 12.1 Å². The second kappa shape index (κ2) is 16.0. The molecule has 0 radical (unpaired) electrons. The van der Waals surface area contributed by atoms with Crippen molar-refractivity contribution < 1.29 is 45.6 Å². The number of nitrogens with two attached hydrogens (primary N) is 1. The Labute approximate surface area is 225 Å². The predicted octanol–water partition coefficient (Wildman–Crippen LogP) is 3.99. The highest BCUT2D eigenvalue weighted by Crippen LogP contribution is 2.29. The van der Waals surface area contributed by atoms with Gasteiger partial charge in [0.2, 0.25) is 0 Å². The lowest BCUT2D eigenvalue weighted by atomic mass is 10.0. The highest BCUT2D eigenvalue weighted by molar-refractivity contribution is 7.85. The van der Waals surface area contributed by atoms with Crippen LogP contribution in [0.2, 0.25) is 5.02 Å². The van der Waals surface area contributed by atoms with Gasteiger partial charge in [0.05, 0.1) is 29.1 Å². The summed E-state index contributed by atoms with van der Waals surface area (Å²) in [5, 5.41) is 10.5. The van der Waals surface area contributed by atoms with E-state index in [1.807, 2.05) is 0 Å². The molecule has 5 N–H and O–H groups in total. The number of nitrogens with one attached hydrogen (secondary N) is 1. The fourth-order valence-corrected chi connectivity index (χ4v) is 4.54. The lowest BCUT2D eigenvalue weighted by molar-refractivity contribution is -0.192. The SMILES string of the molecule is COc1cc(N)c(Cl)cc1C(=O)NC1CCN(CCCCCCCCS(=O)(=O)O)CC1.O=C(O)C(F)(F)F. The van der Waals surface area contributed by atoms with Gasteiger partial charge >= 0.3 is 12.1 Å². The summed E-state index contributed by atoms with van der Waals surface area (Å²) in [4.78, 5) is 24.0. The molecule has 0 bridgehead atoms. The molecule has 1 heterocycles. The van der Waals surface area contributed by atoms with E-state index in [4.69, 9.17) is 36.5 Å². The molecule has 0 unspecified atom stereocenters. The molecule has 1 fully saturated rings. The molecule has 0 atom stereocenters. The molecule has 1 aliphatic rings. The largest absolute Gasteiger partial charge is 0.496 e. The van der Waals surface area contributed by atoms with Crippen molar-refractivity contribution in [1.29, 1.82) is 0 Å². The number of carbonyl (C=O) groups is 2. The first-order valence-electron chi connectivity index (χ1n) is 12.1. The molecule has 0 aromatic heterocycles. The molecule has 0 spiro atoms. The summed E-state index contributed by atoms with van der Waals surface area (Å²) < 4.78 is 67.0. The highest BCUT2D eigenvalue weighted by atomic mass is 35.5. The number of alkyl halides is 3. The molecule has 218 valence electrons. The van der Waals surface area contributed by atoms with Crippen LogP contribution in [-0.4, -0.2) is 79.6 Å². The maximum absolute atomic E-state index is 12.7. The minimum Gasteiger partial charge on any atom is -0.496 e. The third kappa shape index (κ3) is 13.5. The first kappa shape index (κ1) is 33.7. The Kier molecular flexibility index (Phi) is 14.2. The number of carboxylic acids is 1. The molecule has 0 saturated carbocycles. The first-order chi connectivity index (χ1) is 17.6. The standard InChI is InChI=1S/C21H34ClN3O5S.C2HF3O2/c1-30-20-15-19(23)18(22)14-17(20)21(26)24-16-8-11-25(12-9-16)10-6-4-2-3-5-7-13-31(27,28)29;3-2(4,5)1(6)7/h14-16H,2-13,23H2,1H3,(H,24,26)(H,27,28,29);(H,6,7). The molecule has 38 heavy (non-hydrogen) atoms. The maximum atomic E-state index is 12.7. The summed E-state index contributed by atoms with van der Waals surface area (Å²) in [6.07, 6.45) is 2.34. The lowest BCUT2D eigenvalue weighted by Gasteiger charge is -2.32. The van der Waals surface area contributed by atoms with E-state index in [0.717, 1.165) is 64.6 Å². The van der Waals surface area contributed by atoms with Crippen molar-refractivity contribution in [2.45, 2.75) is 63.6 Å². The molecule has 1 saturated heterocycles. The van der Waals surface area contributed by atoms with Gasteiger partial charge in [0.15, 0.2) is 0 Å². The Morgan fingerprint density at radius 1 is 1.13 bits per heavy atom. The zero-order chi connectivity index (χ0) is 28.9. The number of benzene rings is 1. The average Bonchev–Trinajstić information content (AvgIpc) is 2.82. The third-order valence-corrected chi connectivity index (χ3v) is 6.99. The smallest absolute Gasteiger partial charge is 0.490 e. The van der Waals surface area contributed by atoms with E-state index in [1.54, 1.807) is 12.1 Å². The number of carbonyl (C=O) groups excluding carboxylic acids is 1. The highest BCUT2D eigenvalue weighted by Gasteiger charge is 2.38. The minimum atomic E-state index is -5.08. The van der Waals surface area contributed by atoms with Gasteiger partial charge in [0, 0.05) is 25.2 Å². The van der Waals surface area contributed by atoms with Crippen molar-refractivity contribution in [3.05, 3.63) is 22.7 Å². The molecule has 15 heteroatoms. The maximum Gasteiger partial charge on any atom is 0.490 e. The number of unbranched alkanes of at least 4 members (excludes halogenated alkanes) is 5. The van der Waals surface area contributed by atoms with Gasteiger partial charge < -0.3 is 25.8 Å². The lowest BCUT2D eigenvalue weighted by Crippen LogP contribution is -2.44. The number of amides is 1. The molecular formula is C23H35ClF3N3O7S. The van der Waals surface area contributed by atoms with Crippen LogP contribution in [0.1, 0.15) is 61.7 Å². The summed E-state index contributed by atoms with van der Waals surface area (Å²) in [7, 11) is -2.32. The average molecular weight is 590 g/mol. The number of aliphatic carboxylic acids is 1. The molecule has 1 aliphatic heterocycles. The van der Waals surface area contributed by atoms with Gasteiger partial charge in [-0.2, -0.15) is 21.6 Å². The molecule has 1 amide bonds. The van der Waals surface area contributed by atoms with Gasteiger partial charge in [-0.3, -0.25) is 9.35 Å². The van der Waals surface area contributed by atoms with E-state index < -0.39 is 22.3 Å². The quantitative estimate of drug-likeness (QED) is 0.161. The van der Waals surface area contributed by atoms with Crippen molar-refractivity contribution in [3.8, 4) is 5.75 Å². The number of carboxylic acid groups (broad SMARTS) is 1. The summed E-state index contributed by atoms with van der Waals surface area (Å²) in [6.45, 7) is 2.92. The van der Waals surface area contributed by atoms with Crippen LogP contribution in [0.4, 0.5) is 18.9 Å². The van der Waals surface area contributed by atoms with Crippen molar-refractivity contribution in [2.24, 2.45) is 0 Å². The Morgan fingerprint density at radius 3 is 2.16 bits per heavy atom. The van der Waals surface area contributed by atoms with E-state index in [2.05, 4.69) is 10.2 Å². The zero-order valence-corrected chi connectivity index (χ0v) is 22.7. The van der Waals surface area contributed by atoms with Gasteiger partial charge in [0.25, 0.3) is 16.0 Å². The number of rotatable bonds is 12. The number of piperidine rings is 1. The van der Waals surface area contributed by atoms with Crippen LogP contribution in [0, 0.1) is 0 Å². The Hall–Kier alpha value is -2.29. The van der Waals surface area contributed by atoms with Crippen LogP contribution in [0.5, 0.6) is 5.75 Å². The van der Waals surface area contributed by atoms with E-state index in [-0.39, 0.29) is 17.7 Å². The van der Waals surface area contributed by atoms with Gasteiger partial charge in [-0.25, -0.2) is 4.79 Å². The summed E-state index contributed by atoms with van der Waals surface area (Å²) >= 11 is 6.06. The molecular weight excluding hydrogens is 555 g/mol. The Morgan fingerprint density at radius 2 is 1.66 bits per heavy atom. The number of hydrogen-bond donors (Lipinski definition) is 4. The fourth-order valence-electron chi connectivity index (χ4n) is 3.81. The monoisotopic (exact) mass is 589 g/mol. The van der Waals surface area contributed by atoms with Crippen LogP contribution in [-0.2, 0) is 14.9 Å². The van der Waals surface area contributed by atoms with Gasteiger partial charge in [-0.15, -0.1) is 0 Å². The zero-order valence-electron chi connectivity index (χ0n) is 21.1. The fraction of sp³-hybridized carbons (Fsp3) is 0.652. The van der Waals surface area contributed by atoms with E-state index in [1.165, 1.54) is 7.11 Å². The second-order valence-corrected chi connectivity index (χ2v) is 10.9. The van der Waals surface area contributed by atoms with E-state index in [9.17, 15) is 26.4 Å². The molecule has 0 aliphatic carbocycles. The Balaban J connectivity index is 0.000000905. The Bertz CT molecular complexity index is 1020. The molecule has 1 aromatic rings. The number of likely N-dealkylation sites (tertiary alicyclic amines) is 1. The van der Waals surface area contributed by atoms with E-state index >= 15 is 0 Å². The summed E-state index contributed by atoms with van der Waals surface area (Å²) in [5.41, 5.74) is 6.55. The van der Waals surface area contributed by atoms with Crippen molar-refractivity contribution >= 4 is 39.3 Å². The van der Waals surface area contributed by atoms with Crippen LogP contribution in [0.3, 0.4) is 0 Å². The number of nitrogens with zero attached hydrogens (tertiary/aromatic N) is 1. The predicted molar refractivity (Wildman–Crippen MR) is 137 cm³/mol. The van der Waals surface area contributed by atoms with E-state index in [0.29, 0.717) is 28.4 Å².